The zero-order valence-corrected chi connectivity index (χ0v) is 8.70. The average Bonchev–Trinajstić information content (AvgIpc) is 2.70. The van der Waals surface area contributed by atoms with Crippen molar-refractivity contribution >= 4 is 23.5 Å². The lowest BCUT2D eigenvalue weighted by molar-refractivity contribution is -0.119. The van der Waals surface area contributed by atoms with Gasteiger partial charge in [-0.1, -0.05) is 11.6 Å². The first kappa shape index (κ1) is 10.3. The average molecular weight is 228 g/mol. The fourth-order valence-corrected chi connectivity index (χ4v) is 1.49. The molecule has 15 heavy (non-hydrogen) atoms. The van der Waals surface area contributed by atoms with Crippen molar-refractivity contribution in [2.45, 2.75) is 6.42 Å². The zero-order chi connectivity index (χ0) is 10.7. The molecular weight excluding hydrogens is 218 g/mol. The molecular formula is C9H10ClN3O2. The van der Waals surface area contributed by atoms with Crippen molar-refractivity contribution in [2.75, 3.05) is 18.5 Å². The molecule has 6 heteroatoms. The third kappa shape index (κ3) is 2.64. The van der Waals surface area contributed by atoms with E-state index in [1.54, 1.807) is 6.07 Å². The maximum Gasteiger partial charge on any atom is 0.232 e. The Morgan fingerprint density at radius 1 is 1.67 bits per heavy atom. The quantitative estimate of drug-likeness (QED) is 0.769. The first-order valence-corrected chi connectivity index (χ1v) is 5.00. The van der Waals surface area contributed by atoms with Gasteiger partial charge in [0.1, 0.15) is 5.15 Å². The van der Waals surface area contributed by atoms with Gasteiger partial charge >= 0.3 is 0 Å². The molecule has 0 spiro atoms. The molecule has 1 unspecified atom stereocenters. The molecule has 1 saturated heterocycles. The highest BCUT2D eigenvalue weighted by molar-refractivity contribution is 6.29. The molecule has 1 N–H and O–H groups in total. The molecule has 1 aliphatic rings. The molecule has 1 amide bonds. The van der Waals surface area contributed by atoms with Crippen molar-refractivity contribution in [3.63, 3.8) is 0 Å². The third-order valence-corrected chi connectivity index (χ3v) is 2.37. The minimum Gasteiger partial charge on any atom is -0.381 e. The Kier molecular flexibility index (Phi) is 3.13. The largest absolute Gasteiger partial charge is 0.381 e. The molecule has 0 radical (unpaired) electrons. The van der Waals surface area contributed by atoms with Gasteiger partial charge in [-0.2, -0.15) is 0 Å². The van der Waals surface area contributed by atoms with E-state index in [0.717, 1.165) is 6.42 Å². The van der Waals surface area contributed by atoms with E-state index in [2.05, 4.69) is 15.3 Å². The number of hydrogen-bond acceptors (Lipinski definition) is 4. The van der Waals surface area contributed by atoms with Gasteiger partial charge in [-0.15, -0.1) is 0 Å². The standard InChI is InChI=1S/C9H10ClN3O2/c10-7-1-3-11-9(12-7)13-8(14)6-2-4-15-5-6/h1,3,6H,2,4-5H2,(H,11,12,13,14). The molecule has 1 aromatic heterocycles. The number of carbonyl (C=O) groups is 1. The van der Waals surface area contributed by atoms with Crippen molar-refractivity contribution in [1.82, 2.24) is 9.97 Å². The summed E-state index contributed by atoms with van der Waals surface area (Å²) in [6.07, 6.45) is 2.24. The number of aromatic nitrogens is 2. The highest BCUT2D eigenvalue weighted by Crippen LogP contribution is 2.14. The SMILES string of the molecule is O=C(Nc1nccc(Cl)n1)C1CCOC1. The second-order valence-electron chi connectivity index (χ2n) is 3.25. The molecule has 80 valence electrons. The van der Waals surface area contributed by atoms with Crippen LogP contribution in [0, 0.1) is 5.92 Å². The fraction of sp³-hybridized carbons (Fsp3) is 0.444. The maximum absolute atomic E-state index is 11.6. The lowest BCUT2D eigenvalue weighted by Gasteiger charge is -2.07. The second-order valence-corrected chi connectivity index (χ2v) is 3.64. The van der Waals surface area contributed by atoms with Crippen molar-refractivity contribution in [3.8, 4) is 0 Å². The van der Waals surface area contributed by atoms with Crippen LogP contribution in [0.1, 0.15) is 6.42 Å². The monoisotopic (exact) mass is 227 g/mol. The van der Waals surface area contributed by atoms with E-state index in [1.807, 2.05) is 0 Å². The number of nitrogens with zero attached hydrogens (tertiary/aromatic N) is 2. The topological polar surface area (TPSA) is 64.1 Å². The highest BCUT2D eigenvalue weighted by atomic mass is 35.5. The Morgan fingerprint density at radius 2 is 2.53 bits per heavy atom. The number of nitrogens with one attached hydrogen (secondary N) is 1. The Bertz CT molecular complexity index is 366. The van der Waals surface area contributed by atoms with Gasteiger partial charge in [0.2, 0.25) is 11.9 Å². The summed E-state index contributed by atoms with van der Waals surface area (Å²) in [4.78, 5) is 19.4. The lowest BCUT2D eigenvalue weighted by Crippen LogP contribution is -2.23. The predicted octanol–water partition coefficient (Wildman–Crippen LogP) is 1.10. The van der Waals surface area contributed by atoms with Crippen molar-refractivity contribution in [3.05, 3.63) is 17.4 Å². The summed E-state index contributed by atoms with van der Waals surface area (Å²) >= 11 is 5.66. The summed E-state index contributed by atoms with van der Waals surface area (Å²) in [6.45, 7) is 1.10. The van der Waals surface area contributed by atoms with Crippen molar-refractivity contribution < 1.29 is 9.53 Å². The number of amides is 1. The molecule has 0 saturated carbocycles. The summed E-state index contributed by atoms with van der Waals surface area (Å²) in [7, 11) is 0. The van der Waals surface area contributed by atoms with E-state index < -0.39 is 0 Å². The molecule has 2 rings (SSSR count). The van der Waals surface area contributed by atoms with Gasteiger partial charge in [0, 0.05) is 12.8 Å². The molecule has 1 fully saturated rings. The van der Waals surface area contributed by atoms with Crippen LogP contribution in [0.4, 0.5) is 5.95 Å². The van der Waals surface area contributed by atoms with Gasteiger partial charge < -0.3 is 4.74 Å². The van der Waals surface area contributed by atoms with Crippen LogP contribution in [0.15, 0.2) is 12.3 Å². The van der Waals surface area contributed by atoms with Crippen LogP contribution in [0.3, 0.4) is 0 Å². The Hall–Kier alpha value is -1.20. The number of ether oxygens (including phenoxy) is 1. The normalized spacial score (nSPS) is 20.2. The zero-order valence-electron chi connectivity index (χ0n) is 7.94. The molecule has 0 aromatic carbocycles. The Balaban J connectivity index is 1.99. The molecule has 1 aromatic rings. The summed E-state index contributed by atoms with van der Waals surface area (Å²) in [5, 5.41) is 2.91. The second kappa shape index (κ2) is 4.55. The number of carbonyl (C=O) groups excluding carboxylic acids is 1. The molecule has 5 nitrogen and oxygen atoms in total. The molecule has 1 aliphatic heterocycles. The minimum absolute atomic E-state index is 0.104. The van der Waals surface area contributed by atoms with E-state index >= 15 is 0 Å². The third-order valence-electron chi connectivity index (χ3n) is 2.16. The first-order chi connectivity index (χ1) is 7.25. The van der Waals surface area contributed by atoms with Crippen LogP contribution in [0.25, 0.3) is 0 Å². The molecule has 1 atom stereocenters. The van der Waals surface area contributed by atoms with Crippen LogP contribution in [-0.2, 0) is 9.53 Å². The van der Waals surface area contributed by atoms with E-state index in [-0.39, 0.29) is 17.8 Å². The Labute approximate surface area is 91.8 Å². The summed E-state index contributed by atoms with van der Waals surface area (Å²) in [6, 6.07) is 1.55. The number of anilines is 1. The molecule has 2 heterocycles. The number of halogens is 1. The van der Waals surface area contributed by atoms with E-state index in [0.29, 0.717) is 18.4 Å². The maximum atomic E-state index is 11.6. The van der Waals surface area contributed by atoms with Crippen LogP contribution >= 0.6 is 11.6 Å². The molecule has 0 aliphatic carbocycles. The van der Waals surface area contributed by atoms with E-state index in [1.165, 1.54) is 6.20 Å². The summed E-state index contributed by atoms with van der Waals surface area (Å²) in [5.41, 5.74) is 0. The van der Waals surface area contributed by atoms with Crippen LogP contribution < -0.4 is 5.32 Å². The van der Waals surface area contributed by atoms with Gasteiger partial charge in [-0.25, -0.2) is 9.97 Å². The van der Waals surface area contributed by atoms with Crippen LogP contribution in [0.5, 0.6) is 0 Å². The van der Waals surface area contributed by atoms with Gasteiger partial charge in [-0.05, 0) is 12.5 Å². The van der Waals surface area contributed by atoms with Crippen molar-refractivity contribution in [1.29, 1.82) is 0 Å². The predicted molar refractivity (Wildman–Crippen MR) is 54.6 cm³/mol. The van der Waals surface area contributed by atoms with Gasteiger partial charge in [-0.3, -0.25) is 10.1 Å². The number of rotatable bonds is 2. The van der Waals surface area contributed by atoms with Crippen LogP contribution in [0.2, 0.25) is 5.15 Å². The Morgan fingerprint density at radius 3 is 3.20 bits per heavy atom. The number of hydrogen-bond donors (Lipinski definition) is 1. The minimum atomic E-state index is -0.116. The smallest absolute Gasteiger partial charge is 0.232 e. The summed E-state index contributed by atoms with van der Waals surface area (Å²) < 4.78 is 5.11. The molecule has 0 bridgehead atoms. The van der Waals surface area contributed by atoms with E-state index in [4.69, 9.17) is 16.3 Å². The first-order valence-electron chi connectivity index (χ1n) is 4.63. The van der Waals surface area contributed by atoms with E-state index in [9.17, 15) is 4.79 Å². The van der Waals surface area contributed by atoms with Gasteiger partial charge in [0.05, 0.1) is 12.5 Å². The highest BCUT2D eigenvalue weighted by Gasteiger charge is 2.23. The van der Waals surface area contributed by atoms with Gasteiger partial charge in [0.25, 0.3) is 0 Å². The van der Waals surface area contributed by atoms with Crippen LogP contribution in [-0.4, -0.2) is 29.1 Å². The summed E-state index contributed by atoms with van der Waals surface area (Å²) in [5.74, 6) is 0.0155. The van der Waals surface area contributed by atoms with Gasteiger partial charge in [0.15, 0.2) is 0 Å². The lowest BCUT2D eigenvalue weighted by atomic mass is 10.1. The fourth-order valence-electron chi connectivity index (χ4n) is 1.35. The van der Waals surface area contributed by atoms with Crippen molar-refractivity contribution in [2.24, 2.45) is 5.92 Å².